The van der Waals surface area contributed by atoms with Crippen LogP contribution in [0.25, 0.3) is 100 Å². The van der Waals surface area contributed by atoms with Crippen molar-refractivity contribution in [2.75, 3.05) is 0 Å². The smallest absolute Gasteiger partial charge is 0.238 e. The van der Waals surface area contributed by atoms with Crippen molar-refractivity contribution >= 4 is 43.6 Å². The zero-order valence-electron chi connectivity index (χ0n) is 30.3. The van der Waals surface area contributed by atoms with Crippen LogP contribution in [0.15, 0.2) is 200 Å². The van der Waals surface area contributed by atoms with Crippen LogP contribution >= 0.6 is 0 Å². The number of para-hydroxylation sites is 3. The fraction of sp³-hybridized carbons (Fsp3) is 0. The minimum atomic E-state index is 0.571. The fourth-order valence-electron chi connectivity index (χ4n) is 8.22. The predicted octanol–water partition coefficient (Wildman–Crippen LogP) is 12.7. The molecule has 0 amide bonds. The van der Waals surface area contributed by atoms with Gasteiger partial charge in [0.05, 0.1) is 22.1 Å². The van der Waals surface area contributed by atoms with Gasteiger partial charge < -0.3 is 4.57 Å². The maximum atomic E-state index is 5.31. The highest BCUT2D eigenvalue weighted by molar-refractivity contribution is 6.12. The van der Waals surface area contributed by atoms with E-state index >= 15 is 0 Å². The molecule has 0 aliphatic heterocycles. The molecule has 5 heteroatoms. The standard InChI is InChI=1S/C51H33N5/c1-4-16-34(17-5-1)39-22-10-11-25-43(39)50-52-49(35-18-6-2-7-19-35)53-51(54-50)56-46-27-15-12-23-40(46)42-30-28-37(33-48(42)56)36-29-31-47-44(32-36)41-24-13-14-26-45(41)55(47)38-20-8-3-9-21-38/h1-33H. The van der Waals surface area contributed by atoms with Gasteiger partial charge in [-0.3, -0.25) is 4.57 Å². The van der Waals surface area contributed by atoms with Gasteiger partial charge in [0, 0.05) is 38.4 Å². The average Bonchev–Trinajstić information content (AvgIpc) is 3.79. The van der Waals surface area contributed by atoms with Crippen molar-refractivity contribution < 1.29 is 0 Å². The molecular formula is C51H33N5. The van der Waals surface area contributed by atoms with Crippen molar-refractivity contribution in [3.05, 3.63) is 200 Å². The summed E-state index contributed by atoms with van der Waals surface area (Å²) in [5.74, 6) is 1.81. The first-order chi connectivity index (χ1) is 27.8. The zero-order chi connectivity index (χ0) is 37.0. The second kappa shape index (κ2) is 13.0. The Labute approximate surface area is 323 Å². The topological polar surface area (TPSA) is 48.5 Å². The van der Waals surface area contributed by atoms with Crippen LogP contribution in [-0.2, 0) is 0 Å². The summed E-state index contributed by atoms with van der Waals surface area (Å²) < 4.78 is 4.56. The molecule has 8 aromatic carbocycles. The lowest BCUT2D eigenvalue weighted by atomic mass is 9.99. The molecule has 0 fully saturated rings. The molecule has 0 aliphatic rings. The van der Waals surface area contributed by atoms with E-state index in [0.717, 1.165) is 60.9 Å². The van der Waals surface area contributed by atoms with Gasteiger partial charge in [0.2, 0.25) is 5.95 Å². The highest BCUT2D eigenvalue weighted by atomic mass is 15.2. The van der Waals surface area contributed by atoms with E-state index in [1.54, 1.807) is 0 Å². The van der Waals surface area contributed by atoms with E-state index in [9.17, 15) is 0 Å². The molecule has 0 saturated heterocycles. The lowest BCUT2D eigenvalue weighted by Gasteiger charge is -2.13. The summed E-state index contributed by atoms with van der Waals surface area (Å²) >= 11 is 0. The van der Waals surface area contributed by atoms with Crippen LogP contribution in [0.5, 0.6) is 0 Å². The van der Waals surface area contributed by atoms with Crippen LogP contribution in [0.4, 0.5) is 0 Å². The molecule has 0 saturated carbocycles. The van der Waals surface area contributed by atoms with Crippen molar-refractivity contribution in [1.82, 2.24) is 24.1 Å². The molecule has 0 N–H and O–H groups in total. The predicted molar refractivity (Wildman–Crippen MR) is 230 cm³/mol. The molecule has 262 valence electrons. The SMILES string of the molecule is c1ccc(-c2nc(-c3ccccc3-c3ccccc3)nc(-n3c4ccccc4c4ccc(-c5ccc6c(c5)c5ccccc5n6-c5ccccc5)cc43)n2)cc1. The minimum Gasteiger partial charge on any atom is -0.309 e. The highest BCUT2D eigenvalue weighted by Gasteiger charge is 2.20. The van der Waals surface area contributed by atoms with Crippen molar-refractivity contribution in [3.8, 4) is 56.7 Å². The maximum Gasteiger partial charge on any atom is 0.238 e. The summed E-state index contributed by atoms with van der Waals surface area (Å²) in [5, 5.41) is 4.72. The monoisotopic (exact) mass is 715 g/mol. The van der Waals surface area contributed by atoms with Gasteiger partial charge in [-0.1, -0.05) is 158 Å². The molecule has 3 aromatic heterocycles. The fourth-order valence-corrected chi connectivity index (χ4v) is 8.22. The van der Waals surface area contributed by atoms with Crippen LogP contribution in [0.1, 0.15) is 0 Å². The quantitative estimate of drug-likeness (QED) is 0.172. The van der Waals surface area contributed by atoms with Crippen LogP contribution in [0.3, 0.4) is 0 Å². The molecule has 0 spiro atoms. The summed E-state index contributed by atoms with van der Waals surface area (Å²) in [5.41, 5.74) is 11.9. The molecule has 0 bridgehead atoms. The van der Waals surface area contributed by atoms with Crippen LogP contribution in [-0.4, -0.2) is 24.1 Å². The number of nitrogens with zero attached hydrogens (tertiary/aromatic N) is 5. The van der Waals surface area contributed by atoms with Gasteiger partial charge in [0.25, 0.3) is 0 Å². The zero-order valence-corrected chi connectivity index (χ0v) is 30.3. The van der Waals surface area contributed by atoms with Gasteiger partial charge in [-0.25, -0.2) is 4.98 Å². The van der Waals surface area contributed by atoms with E-state index in [0.29, 0.717) is 17.6 Å². The Kier molecular flexibility index (Phi) is 7.42. The molecule has 56 heavy (non-hydrogen) atoms. The molecule has 11 rings (SSSR count). The highest BCUT2D eigenvalue weighted by Crippen LogP contribution is 2.39. The molecule has 5 nitrogen and oxygen atoms in total. The molecule has 11 aromatic rings. The second-order valence-electron chi connectivity index (χ2n) is 14.1. The summed E-state index contributed by atoms with van der Waals surface area (Å²) in [6.07, 6.45) is 0. The second-order valence-corrected chi connectivity index (χ2v) is 14.1. The Bertz CT molecular complexity index is 3240. The number of hydrogen-bond donors (Lipinski definition) is 0. The van der Waals surface area contributed by atoms with Gasteiger partial charge >= 0.3 is 0 Å². The van der Waals surface area contributed by atoms with E-state index < -0.39 is 0 Å². The van der Waals surface area contributed by atoms with Gasteiger partial charge in [-0.15, -0.1) is 0 Å². The third kappa shape index (κ3) is 5.21. The largest absolute Gasteiger partial charge is 0.309 e. The van der Waals surface area contributed by atoms with E-state index in [1.807, 2.05) is 30.3 Å². The maximum absolute atomic E-state index is 5.31. The van der Waals surface area contributed by atoms with E-state index in [2.05, 4.69) is 179 Å². The number of rotatable bonds is 6. The minimum absolute atomic E-state index is 0.571. The van der Waals surface area contributed by atoms with Crippen molar-refractivity contribution in [3.63, 3.8) is 0 Å². The Morgan fingerprint density at radius 1 is 0.286 bits per heavy atom. The number of hydrogen-bond acceptors (Lipinski definition) is 3. The normalized spacial score (nSPS) is 11.6. The summed E-state index contributed by atoms with van der Waals surface area (Å²) in [4.78, 5) is 15.7. The first-order valence-electron chi connectivity index (χ1n) is 18.9. The molecule has 0 radical (unpaired) electrons. The molecular weight excluding hydrogens is 683 g/mol. The van der Waals surface area contributed by atoms with Crippen LogP contribution < -0.4 is 0 Å². The van der Waals surface area contributed by atoms with Crippen molar-refractivity contribution in [2.24, 2.45) is 0 Å². The first-order valence-corrected chi connectivity index (χ1v) is 18.9. The Hall–Kier alpha value is -7.63. The lowest BCUT2D eigenvalue weighted by Crippen LogP contribution is -2.07. The lowest BCUT2D eigenvalue weighted by molar-refractivity contribution is 0.954. The van der Waals surface area contributed by atoms with E-state index in [1.165, 1.54) is 21.8 Å². The third-order valence-corrected chi connectivity index (χ3v) is 10.8. The Balaban J connectivity index is 1.14. The van der Waals surface area contributed by atoms with E-state index in [4.69, 9.17) is 15.0 Å². The average molecular weight is 716 g/mol. The summed E-state index contributed by atoms with van der Waals surface area (Å²) in [6.45, 7) is 0. The molecule has 3 heterocycles. The van der Waals surface area contributed by atoms with E-state index in [-0.39, 0.29) is 0 Å². The number of aromatic nitrogens is 5. The summed E-state index contributed by atoms with van der Waals surface area (Å²) in [6, 6.07) is 70.3. The van der Waals surface area contributed by atoms with Crippen LogP contribution in [0, 0.1) is 0 Å². The van der Waals surface area contributed by atoms with Crippen LogP contribution in [0.2, 0.25) is 0 Å². The van der Waals surface area contributed by atoms with Gasteiger partial charge in [0.15, 0.2) is 11.6 Å². The van der Waals surface area contributed by atoms with Crippen molar-refractivity contribution in [1.29, 1.82) is 0 Å². The first kappa shape index (κ1) is 31.9. The van der Waals surface area contributed by atoms with Gasteiger partial charge in [0.1, 0.15) is 0 Å². The Morgan fingerprint density at radius 2 is 0.804 bits per heavy atom. The number of benzene rings is 8. The third-order valence-electron chi connectivity index (χ3n) is 10.8. The number of fused-ring (bicyclic) bond motifs is 6. The molecule has 0 atom stereocenters. The van der Waals surface area contributed by atoms with Gasteiger partial charge in [-0.05, 0) is 64.7 Å². The Morgan fingerprint density at radius 3 is 1.55 bits per heavy atom. The molecule has 0 unspecified atom stereocenters. The summed E-state index contributed by atoms with van der Waals surface area (Å²) in [7, 11) is 0. The van der Waals surface area contributed by atoms with Gasteiger partial charge in [-0.2, -0.15) is 9.97 Å². The van der Waals surface area contributed by atoms with Crippen molar-refractivity contribution in [2.45, 2.75) is 0 Å². The molecule has 0 aliphatic carbocycles.